The van der Waals surface area contributed by atoms with Crippen molar-refractivity contribution in [3.05, 3.63) is 53.3 Å². The van der Waals surface area contributed by atoms with Gasteiger partial charge in [0.25, 0.3) is 5.91 Å². The van der Waals surface area contributed by atoms with E-state index in [9.17, 15) is 4.79 Å². The van der Waals surface area contributed by atoms with E-state index in [1.54, 1.807) is 12.3 Å². The van der Waals surface area contributed by atoms with Crippen LogP contribution in [-0.2, 0) is 0 Å². The molecule has 0 saturated carbocycles. The lowest BCUT2D eigenvalue weighted by Gasteiger charge is -2.13. The number of nitrogens with zero attached hydrogens (tertiary/aromatic N) is 1. The highest BCUT2D eigenvalue weighted by atomic mass is 16.1. The van der Waals surface area contributed by atoms with Gasteiger partial charge in [-0.15, -0.1) is 0 Å². The highest BCUT2D eigenvalue weighted by Crippen LogP contribution is 2.16. The fraction of sp³-hybridized carbons (Fsp3) is 0.333. The normalized spacial score (nSPS) is 11.8. The molecule has 0 spiro atoms. The summed E-state index contributed by atoms with van der Waals surface area (Å²) in [6.45, 7) is 8.30. The Hall–Kier alpha value is -2.36. The number of anilines is 2. The molecular weight excluding hydrogens is 274 g/mol. The van der Waals surface area contributed by atoms with Gasteiger partial charge in [-0.2, -0.15) is 0 Å². The van der Waals surface area contributed by atoms with Crippen LogP contribution >= 0.6 is 0 Å². The van der Waals surface area contributed by atoms with Gasteiger partial charge in [-0.3, -0.25) is 9.78 Å². The van der Waals surface area contributed by atoms with Crippen LogP contribution in [0.25, 0.3) is 0 Å². The van der Waals surface area contributed by atoms with E-state index in [2.05, 4.69) is 29.5 Å². The minimum Gasteiger partial charge on any atom is -0.382 e. The van der Waals surface area contributed by atoms with E-state index >= 15 is 0 Å². The maximum absolute atomic E-state index is 12.3. The lowest BCUT2D eigenvalue weighted by Crippen LogP contribution is -2.16. The highest BCUT2D eigenvalue weighted by molar-refractivity contribution is 6.03. The monoisotopic (exact) mass is 297 g/mol. The molecule has 1 amide bonds. The molecule has 0 saturated heterocycles. The fourth-order valence-electron chi connectivity index (χ4n) is 2.05. The van der Waals surface area contributed by atoms with Crippen molar-refractivity contribution in [2.24, 2.45) is 0 Å². The average molecular weight is 297 g/mol. The Kier molecular flexibility index (Phi) is 5.15. The number of hydrogen-bond donors (Lipinski definition) is 2. The summed E-state index contributed by atoms with van der Waals surface area (Å²) in [5, 5.41) is 6.24. The minimum atomic E-state index is -0.198. The molecule has 1 aromatic heterocycles. The Morgan fingerprint density at radius 3 is 2.59 bits per heavy atom. The van der Waals surface area contributed by atoms with Crippen LogP contribution in [0.5, 0.6) is 0 Å². The molecule has 0 aliphatic carbocycles. The molecule has 1 heterocycles. The van der Waals surface area contributed by atoms with E-state index in [1.165, 1.54) is 5.56 Å². The third-order valence-corrected chi connectivity index (χ3v) is 3.78. The Balaban J connectivity index is 2.12. The van der Waals surface area contributed by atoms with Crippen molar-refractivity contribution in [2.45, 2.75) is 40.2 Å². The zero-order valence-corrected chi connectivity index (χ0v) is 13.6. The number of pyridine rings is 1. The van der Waals surface area contributed by atoms with Gasteiger partial charge < -0.3 is 10.6 Å². The van der Waals surface area contributed by atoms with Crippen molar-refractivity contribution in [3.8, 4) is 0 Å². The van der Waals surface area contributed by atoms with Gasteiger partial charge in [0.05, 0.1) is 0 Å². The molecule has 2 aromatic rings. The molecule has 4 nitrogen and oxygen atoms in total. The van der Waals surface area contributed by atoms with Crippen molar-refractivity contribution in [1.82, 2.24) is 4.98 Å². The number of aromatic nitrogens is 1. The molecule has 22 heavy (non-hydrogen) atoms. The molecule has 2 N–H and O–H groups in total. The second-order valence-corrected chi connectivity index (χ2v) is 5.64. The quantitative estimate of drug-likeness (QED) is 0.871. The highest BCUT2D eigenvalue weighted by Gasteiger charge is 2.09. The average Bonchev–Trinajstić information content (AvgIpc) is 2.51. The van der Waals surface area contributed by atoms with Crippen LogP contribution in [0, 0.1) is 13.8 Å². The lowest BCUT2D eigenvalue weighted by atomic mass is 10.1. The van der Waals surface area contributed by atoms with E-state index in [0.717, 1.165) is 23.4 Å². The zero-order valence-electron chi connectivity index (χ0n) is 13.6. The first-order valence-electron chi connectivity index (χ1n) is 7.60. The molecule has 1 unspecified atom stereocenters. The van der Waals surface area contributed by atoms with Crippen molar-refractivity contribution < 1.29 is 4.79 Å². The molecule has 0 bridgehead atoms. The third kappa shape index (κ3) is 4.07. The maximum atomic E-state index is 12.3. The summed E-state index contributed by atoms with van der Waals surface area (Å²) in [6.07, 6.45) is 2.67. The number of nitrogens with one attached hydrogen (secondary N) is 2. The maximum Gasteiger partial charge on any atom is 0.274 e. The largest absolute Gasteiger partial charge is 0.382 e. The van der Waals surface area contributed by atoms with Gasteiger partial charge in [0.1, 0.15) is 5.69 Å². The van der Waals surface area contributed by atoms with Crippen LogP contribution < -0.4 is 10.6 Å². The van der Waals surface area contributed by atoms with Crippen LogP contribution in [0.4, 0.5) is 11.4 Å². The van der Waals surface area contributed by atoms with Gasteiger partial charge in [-0.1, -0.05) is 13.0 Å². The summed E-state index contributed by atoms with van der Waals surface area (Å²) < 4.78 is 0. The fourth-order valence-corrected chi connectivity index (χ4v) is 2.05. The zero-order chi connectivity index (χ0) is 16.1. The number of hydrogen-bond acceptors (Lipinski definition) is 3. The molecule has 116 valence electrons. The molecule has 1 atom stereocenters. The van der Waals surface area contributed by atoms with Crippen LogP contribution in [0.1, 0.15) is 41.9 Å². The Labute approximate surface area is 132 Å². The van der Waals surface area contributed by atoms with Crippen molar-refractivity contribution in [2.75, 3.05) is 10.6 Å². The third-order valence-electron chi connectivity index (χ3n) is 3.78. The van der Waals surface area contributed by atoms with Crippen LogP contribution in [0.2, 0.25) is 0 Å². The molecule has 0 fully saturated rings. The van der Waals surface area contributed by atoms with Crippen LogP contribution in [0.15, 0.2) is 36.5 Å². The Morgan fingerprint density at radius 1 is 1.14 bits per heavy atom. The molecular formula is C18H23N3O. The van der Waals surface area contributed by atoms with E-state index in [-0.39, 0.29) is 5.91 Å². The SMILES string of the molecule is CCC(C)Nc1ccnc(C(=O)Nc2ccc(C)c(C)c2)c1. The second-order valence-electron chi connectivity index (χ2n) is 5.64. The summed E-state index contributed by atoms with van der Waals surface area (Å²) in [5.41, 5.74) is 4.46. The Morgan fingerprint density at radius 2 is 1.91 bits per heavy atom. The predicted octanol–water partition coefficient (Wildman–Crippen LogP) is 4.16. The van der Waals surface area contributed by atoms with Gasteiger partial charge in [0.2, 0.25) is 0 Å². The molecule has 2 rings (SSSR count). The minimum absolute atomic E-state index is 0.198. The van der Waals surface area contributed by atoms with Crippen molar-refractivity contribution in [1.29, 1.82) is 0 Å². The number of benzene rings is 1. The van der Waals surface area contributed by atoms with Crippen LogP contribution in [0.3, 0.4) is 0 Å². The molecule has 0 aliphatic heterocycles. The van der Waals surface area contributed by atoms with Crippen molar-refractivity contribution in [3.63, 3.8) is 0 Å². The van der Waals surface area contributed by atoms with E-state index in [4.69, 9.17) is 0 Å². The van der Waals surface area contributed by atoms with E-state index < -0.39 is 0 Å². The van der Waals surface area contributed by atoms with Gasteiger partial charge >= 0.3 is 0 Å². The summed E-state index contributed by atoms with van der Waals surface area (Å²) >= 11 is 0. The summed E-state index contributed by atoms with van der Waals surface area (Å²) in [5.74, 6) is -0.198. The smallest absolute Gasteiger partial charge is 0.274 e. The molecule has 0 aliphatic rings. The lowest BCUT2D eigenvalue weighted by molar-refractivity contribution is 0.102. The predicted molar refractivity (Wildman–Crippen MR) is 91.5 cm³/mol. The topological polar surface area (TPSA) is 54.0 Å². The van der Waals surface area contributed by atoms with Crippen molar-refractivity contribution >= 4 is 17.3 Å². The number of carbonyl (C=O) groups is 1. The summed E-state index contributed by atoms with van der Waals surface area (Å²) in [6, 6.07) is 9.88. The molecule has 4 heteroatoms. The van der Waals surface area contributed by atoms with Gasteiger partial charge in [-0.25, -0.2) is 0 Å². The van der Waals surface area contributed by atoms with Gasteiger partial charge in [0.15, 0.2) is 0 Å². The summed E-state index contributed by atoms with van der Waals surface area (Å²) in [7, 11) is 0. The number of rotatable bonds is 5. The van der Waals surface area contributed by atoms with Gasteiger partial charge in [-0.05, 0) is 62.6 Å². The van der Waals surface area contributed by atoms with Crippen LogP contribution in [-0.4, -0.2) is 16.9 Å². The standard InChI is InChI=1S/C18H23N3O/c1-5-14(4)20-16-8-9-19-17(11-16)18(22)21-15-7-6-12(2)13(3)10-15/h6-11,14H,5H2,1-4H3,(H,19,20)(H,21,22). The number of amides is 1. The second kappa shape index (κ2) is 7.07. The van der Waals surface area contributed by atoms with Gasteiger partial charge in [0, 0.05) is 23.6 Å². The van der Waals surface area contributed by atoms with E-state index in [1.807, 2.05) is 38.1 Å². The molecule has 0 radical (unpaired) electrons. The molecule has 1 aromatic carbocycles. The first kappa shape index (κ1) is 16.0. The van der Waals surface area contributed by atoms with E-state index in [0.29, 0.717) is 11.7 Å². The number of aryl methyl sites for hydroxylation is 2. The Bertz CT molecular complexity index is 667. The first-order chi connectivity index (χ1) is 10.5. The summed E-state index contributed by atoms with van der Waals surface area (Å²) in [4.78, 5) is 16.5. The first-order valence-corrected chi connectivity index (χ1v) is 7.60. The number of carbonyl (C=O) groups excluding carboxylic acids is 1.